The smallest absolute Gasteiger partial charge is 0.407 e. The van der Waals surface area contributed by atoms with Gasteiger partial charge in [-0.15, -0.1) is 0 Å². The normalized spacial score (nSPS) is 37.8. The molecule has 4 aliphatic heterocycles. The highest BCUT2D eigenvalue weighted by Gasteiger charge is 2.53. The van der Waals surface area contributed by atoms with Gasteiger partial charge in [-0.1, -0.05) is 0 Å². The van der Waals surface area contributed by atoms with E-state index in [1.807, 2.05) is 23.2 Å². The summed E-state index contributed by atoms with van der Waals surface area (Å²) in [5, 5.41) is 17.7. The number of carboxylic acid groups (broad SMARTS) is 1. The Morgan fingerprint density at radius 2 is 1.52 bits per heavy atom. The van der Waals surface area contributed by atoms with Crippen molar-refractivity contribution in [3.63, 3.8) is 0 Å². The van der Waals surface area contributed by atoms with Crippen LogP contribution in [0.4, 0.5) is 4.79 Å². The van der Waals surface area contributed by atoms with Gasteiger partial charge < -0.3 is 5.11 Å². The molecule has 0 aliphatic carbocycles. The quantitative estimate of drug-likeness (QED) is 0.660. The van der Waals surface area contributed by atoms with Gasteiger partial charge in [0.1, 0.15) is 0 Å². The number of nitrogens with zero attached hydrogens (tertiary/aromatic N) is 3. The van der Waals surface area contributed by atoms with Crippen molar-refractivity contribution in [2.24, 2.45) is 0 Å². The molecule has 4 rings (SSSR count). The predicted octanol–water partition coefficient (Wildman–Crippen LogP) is 1.52. The largest absolute Gasteiger partial charge is 0.465 e. The van der Waals surface area contributed by atoms with Gasteiger partial charge in [0.2, 0.25) is 0 Å². The lowest BCUT2D eigenvalue weighted by atomic mass is 9.92. The summed E-state index contributed by atoms with van der Waals surface area (Å²) >= 11 is 3.05. The molecule has 0 aromatic heterocycles. The van der Waals surface area contributed by atoms with Gasteiger partial charge in [0.25, 0.3) is 0 Å². The number of nitrogens with one attached hydrogen (secondary N) is 2. The van der Waals surface area contributed by atoms with Crippen LogP contribution in [0.5, 0.6) is 0 Å². The van der Waals surface area contributed by atoms with Crippen molar-refractivity contribution in [3.8, 4) is 0 Å². The van der Waals surface area contributed by atoms with Gasteiger partial charge in [-0.2, -0.15) is 9.66 Å². The lowest BCUT2D eigenvalue weighted by Gasteiger charge is -2.47. The Kier molecular flexibility index (Phi) is 3.44. The summed E-state index contributed by atoms with van der Waals surface area (Å²) in [7, 11) is 0. The number of fused-ring (bicyclic) bond motifs is 2. The van der Waals surface area contributed by atoms with Crippen molar-refractivity contribution in [3.05, 3.63) is 23.2 Å². The molecule has 4 atom stereocenters. The maximum Gasteiger partial charge on any atom is 0.407 e. The first-order valence-electron chi connectivity index (χ1n) is 6.99. The lowest BCUT2D eigenvalue weighted by molar-refractivity contribution is 0.00930. The fourth-order valence-electron chi connectivity index (χ4n) is 3.86. The molecule has 0 aromatic carbocycles. The zero-order chi connectivity index (χ0) is 14.4. The highest BCUT2D eigenvalue weighted by molar-refractivity contribution is 8.00. The lowest BCUT2D eigenvalue weighted by Crippen LogP contribution is -2.64. The Labute approximate surface area is 131 Å². The minimum absolute atomic E-state index is 0.0684. The average Bonchev–Trinajstić information content (AvgIpc) is 3.19. The standard InChI is InChI=1S/C12H17N5O2S2/c18-12(19)17-8-1-2-9(17)11(16-4-6-21-14-16)7-10(8)15-3-5-20-13-15/h3-6,8-11,13-14H,1-2,7H2,(H,18,19). The van der Waals surface area contributed by atoms with E-state index in [9.17, 15) is 9.90 Å². The second-order valence-electron chi connectivity index (χ2n) is 5.58. The third-order valence-electron chi connectivity index (χ3n) is 4.67. The summed E-state index contributed by atoms with van der Waals surface area (Å²) in [6.45, 7) is 0. The van der Waals surface area contributed by atoms with E-state index in [4.69, 9.17) is 0 Å². The Balaban J connectivity index is 1.64. The van der Waals surface area contributed by atoms with E-state index in [-0.39, 0.29) is 24.2 Å². The van der Waals surface area contributed by atoms with Crippen LogP contribution in [0.25, 0.3) is 0 Å². The molecule has 4 aliphatic rings. The molecular weight excluding hydrogens is 310 g/mol. The molecule has 7 nitrogen and oxygen atoms in total. The molecule has 0 saturated carbocycles. The predicted molar refractivity (Wildman–Crippen MR) is 82.3 cm³/mol. The Bertz CT molecular complexity index is 466. The average molecular weight is 327 g/mol. The summed E-state index contributed by atoms with van der Waals surface area (Å²) in [6, 6.07) is 0.464. The van der Waals surface area contributed by atoms with E-state index in [2.05, 4.69) is 19.7 Å². The Morgan fingerprint density at radius 3 is 1.90 bits per heavy atom. The van der Waals surface area contributed by atoms with Crippen LogP contribution in [-0.4, -0.2) is 50.3 Å². The number of amides is 1. The van der Waals surface area contributed by atoms with Gasteiger partial charge in [-0.05, 0) is 43.2 Å². The van der Waals surface area contributed by atoms with Crippen LogP contribution in [0.1, 0.15) is 19.3 Å². The molecule has 0 spiro atoms. The molecule has 2 fully saturated rings. The fourth-order valence-corrected chi connectivity index (χ4v) is 5.00. The summed E-state index contributed by atoms with van der Waals surface area (Å²) in [5.41, 5.74) is 0. The van der Waals surface area contributed by atoms with E-state index in [1.54, 1.807) is 4.90 Å². The second-order valence-corrected chi connectivity index (χ2v) is 6.96. The summed E-state index contributed by atoms with van der Waals surface area (Å²) in [4.78, 5) is 19.9. The zero-order valence-electron chi connectivity index (χ0n) is 11.3. The molecule has 0 radical (unpaired) electrons. The minimum Gasteiger partial charge on any atom is -0.465 e. The Morgan fingerprint density at radius 1 is 1.00 bits per heavy atom. The molecule has 1 amide bonds. The number of hydrogen-bond acceptors (Lipinski definition) is 7. The molecule has 2 saturated heterocycles. The third-order valence-corrected chi connectivity index (χ3v) is 5.82. The van der Waals surface area contributed by atoms with Crippen LogP contribution in [-0.2, 0) is 0 Å². The molecule has 4 heterocycles. The van der Waals surface area contributed by atoms with Crippen molar-refractivity contribution < 1.29 is 9.90 Å². The van der Waals surface area contributed by atoms with Crippen molar-refractivity contribution in [1.29, 1.82) is 0 Å². The number of hydrazine groups is 2. The summed E-state index contributed by atoms with van der Waals surface area (Å²) < 4.78 is 0. The zero-order valence-corrected chi connectivity index (χ0v) is 12.9. The van der Waals surface area contributed by atoms with Crippen LogP contribution >= 0.6 is 23.9 Å². The Hall–Kier alpha value is -1.03. The molecule has 9 heteroatoms. The number of rotatable bonds is 2. The highest BCUT2D eigenvalue weighted by atomic mass is 32.2. The van der Waals surface area contributed by atoms with E-state index in [0.29, 0.717) is 0 Å². The molecule has 0 aromatic rings. The molecule has 21 heavy (non-hydrogen) atoms. The molecule has 4 unspecified atom stereocenters. The van der Waals surface area contributed by atoms with Gasteiger partial charge >= 0.3 is 6.09 Å². The van der Waals surface area contributed by atoms with Crippen molar-refractivity contribution >= 4 is 30.0 Å². The molecule has 114 valence electrons. The second kappa shape index (κ2) is 5.31. The van der Waals surface area contributed by atoms with Gasteiger partial charge in [0.05, 0.1) is 24.2 Å². The maximum absolute atomic E-state index is 11.7. The monoisotopic (exact) mass is 327 g/mol. The van der Waals surface area contributed by atoms with Gasteiger partial charge in [0.15, 0.2) is 0 Å². The van der Waals surface area contributed by atoms with Gasteiger partial charge in [-0.25, -0.2) is 4.79 Å². The summed E-state index contributed by atoms with van der Waals surface area (Å²) in [6.07, 6.45) is 6.01. The van der Waals surface area contributed by atoms with Crippen molar-refractivity contribution in [2.75, 3.05) is 0 Å². The topological polar surface area (TPSA) is 71.1 Å². The molecular formula is C12H17N5O2S2. The van der Waals surface area contributed by atoms with Crippen LogP contribution in [0.3, 0.4) is 0 Å². The SMILES string of the molecule is O=C(O)N1C2CCC1C(N1C=CSN1)CC2N1C=CSN1. The minimum atomic E-state index is -0.802. The van der Waals surface area contributed by atoms with E-state index in [0.717, 1.165) is 19.3 Å². The highest BCUT2D eigenvalue weighted by Crippen LogP contribution is 2.41. The van der Waals surface area contributed by atoms with E-state index < -0.39 is 6.09 Å². The number of carbonyl (C=O) groups is 1. The first kappa shape index (κ1) is 13.6. The fraction of sp³-hybridized carbons (Fsp3) is 0.583. The first-order chi connectivity index (χ1) is 10.3. The van der Waals surface area contributed by atoms with Crippen LogP contribution < -0.4 is 9.66 Å². The maximum atomic E-state index is 11.7. The third kappa shape index (κ3) is 2.19. The van der Waals surface area contributed by atoms with E-state index >= 15 is 0 Å². The summed E-state index contributed by atoms with van der Waals surface area (Å²) in [5.74, 6) is 0. The number of hydrogen-bond donors (Lipinski definition) is 3. The van der Waals surface area contributed by atoms with Gasteiger partial charge in [0, 0.05) is 23.2 Å². The first-order valence-corrected chi connectivity index (χ1v) is 8.75. The van der Waals surface area contributed by atoms with E-state index in [1.165, 1.54) is 23.9 Å². The van der Waals surface area contributed by atoms with Crippen molar-refractivity contribution in [1.82, 2.24) is 24.6 Å². The van der Waals surface area contributed by atoms with Crippen LogP contribution in [0.2, 0.25) is 0 Å². The van der Waals surface area contributed by atoms with Crippen LogP contribution in [0.15, 0.2) is 23.2 Å². The molecule has 2 bridgehead atoms. The van der Waals surface area contributed by atoms with Crippen molar-refractivity contribution in [2.45, 2.75) is 43.4 Å². The van der Waals surface area contributed by atoms with Crippen LogP contribution in [0, 0.1) is 0 Å². The number of piperidine rings is 1. The molecule has 3 N–H and O–H groups in total. The van der Waals surface area contributed by atoms with Gasteiger partial charge in [-0.3, -0.25) is 14.9 Å².